The molecule has 0 aromatic heterocycles. The van der Waals surface area contributed by atoms with Gasteiger partial charge in [-0.3, -0.25) is 13.9 Å². The number of hydrogen-bond donors (Lipinski definition) is 1. The van der Waals surface area contributed by atoms with Crippen molar-refractivity contribution in [3.05, 3.63) is 83.9 Å². The van der Waals surface area contributed by atoms with Gasteiger partial charge in [0.15, 0.2) is 0 Å². The summed E-state index contributed by atoms with van der Waals surface area (Å²) in [5.74, 6) is -0.150. The van der Waals surface area contributed by atoms with Crippen LogP contribution in [-0.2, 0) is 26.2 Å². The zero-order valence-corrected chi connectivity index (χ0v) is 27.5. The summed E-state index contributed by atoms with van der Waals surface area (Å²) in [6.07, 6.45) is 3.03. The highest BCUT2D eigenvalue weighted by molar-refractivity contribution is 7.98. The summed E-state index contributed by atoms with van der Waals surface area (Å²) < 4.78 is 34.9. The highest BCUT2D eigenvalue weighted by Gasteiger charge is 2.34. The molecule has 3 rings (SSSR count). The van der Waals surface area contributed by atoms with Crippen molar-refractivity contribution in [2.75, 3.05) is 23.7 Å². The second-order valence-corrected chi connectivity index (χ2v) is 13.0. The molecule has 0 aliphatic carbocycles. The lowest BCUT2D eigenvalue weighted by atomic mass is 10.1. The summed E-state index contributed by atoms with van der Waals surface area (Å²) in [6.45, 7) is 9.71. The normalized spacial score (nSPS) is 12.7. The lowest BCUT2D eigenvalue weighted by molar-refractivity contribution is -0.140. The van der Waals surface area contributed by atoms with E-state index in [9.17, 15) is 18.0 Å². The van der Waals surface area contributed by atoms with Crippen molar-refractivity contribution in [1.29, 1.82) is 0 Å². The fourth-order valence-electron chi connectivity index (χ4n) is 4.61. The van der Waals surface area contributed by atoms with Crippen molar-refractivity contribution in [1.82, 2.24) is 10.2 Å². The number of nitrogens with one attached hydrogen (secondary N) is 1. The van der Waals surface area contributed by atoms with Crippen LogP contribution in [0.25, 0.3) is 0 Å². The summed E-state index contributed by atoms with van der Waals surface area (Å²) in [7, 11) is -4.15. The van der Waals surface area contributed by atoms with Crippen molar-refractivity contribution in [2.45, 2.75) is 75.9 Å². The molecular formula is C33H43N3O5S2. The van der Waals surface area contributed by atoms with E-state index in [1.165, 1.54) is 16.7 Å². The molecule has 43 heavy (non-hydrogen) atoms. The van der Waals surface area contributed by atoms with Crippen LogP contribution < -0.4 is 14.4 Å². The van der Waals surface area contributed by atoms with Gasteiger partial charge in [0.25, 0.3) is 10.0 Å². The van der Waals surface area contributed by atoms with Crippen LogP contribution in [0.4, 0.5) is 5.69 Å². The first-order chi connectivity index (χ1) is 20.5. The minimum atomic E-state index is -4.15. The van der Waals surface area contributed by atoms with Crippen LogP contribution in [0.1, 0.15) is 51.7 Å². The number of benzene rings is 3. The maximum atomic E-state index is 14.3. The Bertz CT molecular complexity index is 1460. The van der Waals surface area contributed by atoms with Crippen molar-refractivity contribution in [3.8, 4) is 5.75 Å². The van der Waals surface area contributed by atoms with Gasteiger partial charge in [-0.1, -0.05) is 38.1 Å². The van der Waals surface area contributed by atoms with E-state index in [0.717, 1.165) is 26.7 Å². The molecule has 0 spiro atoms. The Balaban J connectivity index is 2.08. The molecule has 0 radical (unpaired) electrons. The van der Waals surface area contributed by atoms with Gasteiger partial charge in [-0.25, -0.2) is 8.42 Å². The highest BCUT2D eigenvalue weighted by atomic mass is 32.2. The molecule has 0 unspecified atom stereocenters. The van der Waals surface area contributed by atoms with Crippen LogP contribution in [0.3, 0.4) is 0 Å². The fraction of sp³-hybridized carbons (Fsp3) is 0.394. The molecule has 0 bridgehead atoms. The Morgan fingerprint density at radius 2 is 1.58 bits per heavy atom. The van der Waals surface area contributed by atoms with Gasteiger partial charge in [-0.15, -0.1) is 11.8 Å². The van der Waals surface area contributed by atoms with Crippen molar-refractivity contribution in [2.24, 2.45) is 0 Å². The summed E-state index contributed by atoms with van der Waals surface area (Å²) in [4.78, 5) is 30.2. The molecule has 2 atom stereocenters. The second-order valence-electron chi connectivity index (χ2n) is 10.3. The molecule has 232 valence electrons. The zero-order chi connectivity index (χ0) is 31.6. The molecule has 0 fully saturated rings. The number of aryl methyl sites for hydroxylation is 1. The fourth-order valence-corrected chi connectivity index (χ4v) is 6.43. The first kappa shape index (κ1) is 34.0. The molecule has 2 amide bonds. The van der Waals surface area contributed by atoms with Gasteiger partial charge in [0.05, 0.1) is 17.2 Å². The molecule has 0 aliphatic rings. The Labute approximate surface area is 260 Å². The number of carbonyl (C=O) groups is 2. The maximum Gasteiger partial charge on any atom is 0.264 e. The van der Waals surface area contributed by atoms with E-state index in [1.54, 1.807) is 48.5 Å². The maximum absolute atomic E-state index is 14.3. The highest BCUT2D eigenvalue weighted by Crippen LogP contribution is 2.28. The van der Waals surface area contributed by atoms with Crippen molar-refractivity contribution >= 4 is 39.3 Å². The van der Waals surface area contributed by atoms with Gasteiger partial charge >= 0.3 is 0 Å². The Kier molecular flexibility index (Phi) is 12.5. The van der Waals surface area contributed by atoms with Crippen LogP contribution >= 0.6 is 11.8 Å². The van der Waals surface area contributed by atoms with Crippen LogP contribution in [0.5, 0.6) is 5.75 Å². The van der Waals surface area contributed by atoms with Crippen LogP contribution in [0, 0.1) is 6.92 Å². The van der Waals surface area contributed by atoms with Crippen molar-refractivity contribution in [3.63, 3.8) is 0 Å². The molecule has 8 nitrogen and oxygen atoms in total. The predicted octanol–water partition coefficient (Wildman–Crippen LogP) is 6.03. The third-order valence-corrected chi connectivity index (χ3v) is 9.88. The second kappa shape index (κ2) is 15.8. The van der Waals surface area contributed by atoms with E-state index < -0.39 is 28.5 Å². The third-order valence-electron chi connectivity index (χ3n) is 7.35. The number of sulfonamides is 1. The summed E-state index contributed by atoms with van der Waals surface area (Å²) >= 11 is 1.51. The van der Waals surface area contributed by atoms with Crippen molar-refractivity contribution < 1.29 is 22.7 Å². The molecule has 10 heteroatoms. The average molecular weight is 626 g/mol. The number of hydrogen-bond acceptors (Lipinski definition) is 6. The molecular weight excluding hydrogens is 583 g/mol. The van der Waals surface area contributed by atoms with E-state index in [4.69, 9.17) is 4.74 Å². The first-order valence-electron chi connectivity index (χ1n) is 14.6. The molecule has 1 N–H and O–H groups in total. The number of nitrogens with zero attached hydrogens (tertiary/aromatic N) is 2. The van der Waals surface area contributed by atoms with Gasteiger partial charge in [-0.2, -0.15) is 0 Å². The topological polar surface area (TPSA) is 96.0 Å². The number of anilines is 1. The lowest BCUT2D eigenvalue weighted by Gasteiger charge is -2.34. The molecule has 3 aromatic carbocycles. The first-order valence-corrected chi connectivity index (χ1v) is 17.3. The van der Waals surface area contributed by atoms with E-state index in [0.29, 0.717) is 24.5 Å². The van der Waals surface area contributed by atoms with Crippen LogP contribution in [0.2, 0.25) is 0 Å². The average Bonchev–Trinajstić information content (AvgIpc) is 3.01. The number of rotatable bonds is 15. The van der Waals surface area contributed by atoms with Gasteiger partial charge in [0.1, 0.15) is 18.3 Å². The third kappa shape index (κ3) is 8.76. The van der Waals surface area contributed by atoms with Gasteiger partial charge < -0.3 is 15.0 Å². The molecule has 3 aromatic rings. The van der Waals surface area contributed by atoms with Gasteiger partial charge in [0, 0.05) is 17.5 Å². The monoisotopic (exact) mass is 625 g/mol. The predicted molar refractivity (Wildman–Crippen MR) is 174 cm³/mol. The van der Waals surface area contributed by atoms with E-state index in [2.05, 4.69) is 5.32 Å². The van der Waals surface area contributed by atoms with E-state index in [-0.39, 0.29) is 23.4 Å². The summed E-state index contributed by atoms with van der Waals surface area (Å²) in [5, 5.41) is 3.01. The summed E-state index contributed by atoms with van der Waals surface area (Å²) in [6, 6.07) is 20.0. The minimum Gasteiger partial charge on any atom is -0.494 e. The SMILES string of the molecule is CCOc1ccc(N(CC(=O)N(Cc2ccccc2C)[C@@H](CC)C(=O)N[C@@H](C)CC)S(=O)(=O)c2ccc(SC)cc2)cc1. The smallest absolute Gasteiger partial charge is 0.264 e. The van der Waals surface area contributed by atoms with E-state index in [1.807, 2.05) is 65.1 Å². The number of amides is 2. The Morgan fingerprint density at radius 3 is 2.14 bits per heavy atom. The molecule has 0 heterocycles. The number of carbonyl (C=O) groups excluding carboxylic acids is 2. The van der Waals surface area contributed by atoms with Crippen LogP contribution in [-0.4, -0.2) is 56.6 Å². The van der Waals surface area contributed by atoms with Gasteiger partial charge in [-0.05, 0) is 99.5 Å². The minimum absolute atomic E-state index is 0.0676. The largest absolute Gasteiger partial charge is 0.494 e. The molecule has 0 aliphatic heterocycles. The lowest BCUT2D eigenvalue weighted by Crippen LogP contribution is -2.53. The van der Waals surface area contributed by atoms with Crippen LogP contribution in [0.15, 0.2) is 82.6 Å². The number of thioether (sulfide) groups is 1. The Hall–Kier alpha value is -3.50. The molecule has 0 saturated heterocycles. The standard InChI is InChI=1S/C33H43N3O5S2/c1-7-25(5)34-33(38)31(8-2)35(22-26-13-11-10-12-24(26)4)32(37)23-36(27-14-16-28(17-15-27)41-9-3)43(39,40)30-20-18-29(42-6)19-21-30/h10-21,25,31H,7-9,22-23H2,1-6H3,(H,34,38)/t25-,31-/m0/s1. The Morgan fingerprint density at radius 1 is 0.930 bits per heavy atom. The van der Waals surface area contributed by atoms with Gasteiger partial charge in [0.2, 0.25) is 11.8 Å². The number of ether oxygens (including phenoxy) is 1. The van der Waals surface area contributed by atoms with E-state index >= 15 is 0 Å². The quantitative estimate of drug-likeness (QED) is 0.207. The summed E-state index contributed by atoms with van der Waals surface area (Å²) in [5.41, 5.74) is 2.18. The zero-order valence-electron chi connectivity index (χ0n) is 25.9. The molecule has 0 saturated carbocycles.